The number of halogens is 3. The number of anilines is 1. The number of hydrogen-bond acceptors (Lipinski definition) is 7. The molecule has 1 aliphatic heterocycles. The molecular weight excluding hydrogens is 419 g/mol. The van der Waals surface area contributed by atoms with Crippen molar-refractivity contribution in [3.63, 3.8) is 0 Å². The molecule has 0 radical (unpaired) electrons. The topological polar surface area (TPSA) is 79.2 Å². The molecule has 0 spiro atoms. The number of alkyl halides is 3. The molecule has 2 rings (SSSR count). The first-order valence-corrected chi connectivity index (χ1v) is 9.74. The van der Waals surface area contributed by atoms with Gasteiger partial charge in [0.1, 0.15) is 11.5 Å². The number of carbonyl (C=O) groups is 1. The van der Waals surface area contributed by atoms with Gasteiger partial charge in [0.2, 0.25) is 0 Å². The highest BCUT2D eigenvalue weighted by atomic mass is 32.2. The van der Waals surface area contributed by atoms with Crippen molar-refractivity contribution in [2.45, 2.75) is 23.4 Å². The molecule has 0 fully saturated rings. The lowest BCUT2D eigenvalue weighted by molar-refractivity contribution is -0.137. The van der Waals surface area contributed by atoms with E-state index >= 15 is 0 Å². The zero-order valence-corrected chi connectivity index (χ0v) is 16.5. The zero-order valence-electron chi connectivity index (χ0n) is 14.9. The second-order valence-electron chi connectivity index (χ2n) is 5.41. The maximum Gasteiger partial charge on any atom is 0.446 e. The second kappa shape index (κ2) is 9.48. The molecule has 1 unspecified atom stereocenters. The second-order valence-corrected chi connectivity index (χ2v) is 7.88. The monoisotopic (exact) mass is 437 g/mol. The lowest BCUT2D eigenvalue weighted by atomic mass is 10.1. The van der Waals surface area contributed by atoms with Gasteiger partial charge in [-0.15, -0.1) is 11.8 Å². The molecule has 0 saturated carbocycles. The molecule has 0 aromatic heterocycles. The molecule has 154 valence electrons. The van der Waals surface area contributed by atoms with E-state index in [1.807, 2.05) is 6.92 Å². The van der Waals surface area contributed by atoms with Gasteiger partial charge in [0.15, 0.2) is 12.8 Å². The van der Waals surface area contributed by atoms with Crippen molar-refractivity contribution < 1.29 is 37.7 Å². The quantitative estimate of drug-likeness (QED) is 0.458. The van der Waals surface area contributed by atoms with E-state index in [4.69, 9.17) is 9.47 Å². The minimum absolute atomic E-state index is 0.0810. The van der Waals surface area contributed by atoms with Crippen LogP contribution in [0.4, 0.5) is 18.9 Å². The number of aromatic hydroxyl groups is 1. The highest BCUT2D eigenvalue weighted by molar-refractivity contribution is 8.03. The summed E-state index contributed by atoms with van der Waals surface area (Å²) in [6, 6.07) is 2.07. The van der Waals surface area contributed by atoms with Crippen LogP contribution in [0.2, 0.25) is 0 Å². The van der Waals surface area contributed by atoms with Crippen molar-refractivity contribution in [1.82, 2.24) is 0 Å². The van der Waals surface area contributed by atoms with Crippen molar-refractivity contribution >= 4 is 35.2 Å². The van der Waals surface area contributed by atoms with Gasteiger partial charge in [0.05, 0.1) is 5.69 Å². The highest BCUT2D eigenvalue weighted by Crippen LogP contribution is 2.43. The zero-order chi connectivity index (χ0) is 20.9. The Hall–Kier alpha value is -1.98. The van der Waals surface area contributed by atoms with Crippen LogP contribution in [-0.4, -0.2) is 47.4 Å². The van der Waals surface area contributed by atoms with Gasteiger partial charge in [-0.25, -0.2) is 4.79 Å². The van der Waals surface area contributed by atoms with Crippen molar-refractivity contribution in [1.29, 1.82) is 0 Å². The van der Waals surface area contributed by atoms with Crippen LogP contribution in [0.1, 0.15) is 6.92 Å². The van der Waals surface area contributed by atoms with Gasteiger partial charge < -0.3 is 24.6 Å². The number of allylic oxidation sites excluding steroid dienone is 1. The average molecular weight is 437 g/mol. The molecule has 2 N–H and O–H groups in total. The number of benzene rings is 1. The molecule has 1 aromatic rings. The van der Waals surface area contributed by atoms with Crippen molar-refractivity contribution in [3.05, 3.63) is 41.1 Å². The van der Waals surface area contributed by atoms with Crippen LogP contribution < -0.4 is 4.90 Å². The molecule has 0 aliphatic carbocycles. The van der Waals surface area contributed by atoms with Gasteiger partial charge >= 0.3 is 11.5 Å². The lowest BCUT2D eigenvalue weighted by Crippen LogP contribution is -2.41. The van der Waals surface area contributed by atoms with Crippen LogP contribution >= 0.6 is 23.5 Å². The molecule has 0 amide bonds. The van der Waals surface area contributed by atoms with Crippen molar-refractivity contribution in [2.75, 3.05) is 24.6 Å². The Morgan fingerprint density at radius 2 is 2.07 bits per heavy atom. The van der Waals surface area contributed by atoms with Gasteiger partial charge in [-0.1, -0.05) is 6.92 Å². The molecule has 1 aliphatic rings. The first-order valence-electron chi connectivity index (χ1n) is 7.94. The Labute approximate surface area is 168 Å². The SMILES string of the molecule is CCSC1=CC(OCOC)=CN(c2cc(SC(F)(F)F)ccc2O)C1C(=O)O. The summed E-state index contributed by atoms with van der Waals surface area (Å²) in [7, 11) is 1.41. The standard InChI is InChI=1S/C17H18F3NO5S2/c1-3-27-14-6-10(26-9-25-2)8-21(15(14)16(23)24)12-7-11(4-5-13(12)22)28-17(18,19)20/h4-8,15,22H,3,9H2,1-2H3,(H,23,24). The summed E-state index contributed by atoms with van der Waals surface area (Å²) in [6.07, 6.45) is 2.85. The van der Waals surface area contributed by atoms with Crippen LogP contribution in [0.25, 0.3) is 0 Å². The number of ether oxygens (including phenoxy) is 2. The van der Waals surface area contributed by atoms with E-state index in [0.717, 1.165) is 18.2 Å². The Balaban J connectivity index is 2.52. The normalized spacial score (nSPS) is 17.2. The van der Waals surface area contributed by atoms with E-state index in [0.29, 0.717) is 10.7 Å². The number of rotatable bonds is 8. The predicted octanol–water partition coefficient (Wildman–Crippen LogP) is 4.38. The fourth-order valence-electron chi connectivity index (χ4n) is 2.45. The minimum atomic E-state index is -4.52. The Morgan fingerprint density at radius 1 is 1.36 bits per heavy atom. The molecule has 11 heteroatoms. The largest absolute Gasteiger partial charge is 0.506 e. The van der Waals surface area contributed by atoms with Gasteiger partial charge in [-0.3, -0.25) is 0 Å². The molecule has 28 heavy (non-hydrogen) atoms. The maximum atomic E-state index is 12.7. The first kappa shape index (κ1) is 22.3. The summed E-state index contributed by atoms with van der Waals surface area (Å²) in [6.45, 7) is 1.73. The summed E-state index contributed by atoms with van der Waals surface area (Å²) in [5.74, 6) is -0.759. The summed E-state index contributed by atoms with van der Waals surface area (Å²) >= 11 is 0.900. The number of phenols is 1. The third-order valence-electron chi connectivity index (χ3n) is 3.45. The molecule has 0 bridgehead atoms. The lowest BCUT2D eigenvalue weighted by Gasteiger charge is -2.33. The van der Waals surface area contributed by atoms with Crippen LogP contribution in [0.3, 0.4) is 0 Å². The van der Waals surface area contributed by atoms with E-state index < -0.39 is 17.5 Å². The molecule has 1 aromatic carbocycles. The molecule has 0 saturated heterocycles. The van der Waals surface area contributed by atoms with Crippen LogP contribution in [0.15, 0.2) is 46.0 Å². The smallest absolute Gasteiger partial charge is 0.446 e. The summed E-state index contributed by atoms with van der Waals surface area (Å²) in [5, 5.41) is 19.9. The number of methoxy groups -OCH3 is 1. The predicted molar refractivity (Wildman–Crippen MR) is 101 cm³/mol. The summed E-state index contributed by atoms with van der Waals surface area (Å²) in [5.41, 5.74) is -4.60. The Kier molecular flexibility index (Phi) is 7.55. The van der Waals surface area contributed by atoms with E-state index in [1.165, 1.54) is 36.0 Å². The molecule has 6 nitrogen and oxygen atoms in total. The van der Waals surface area contributed by atoms with E-state index in [1.54, 1.807) is 0 Å². The average Bonchev–Trinajstić information content (AvgIpc) is 2.60. The van der Waals surface area contributed by atoms with Crippen molar-refractivity contribution in [3.8, 4) is 5.75 Å². The number of carboxylic acids is 1. The van der Waals surface area contributed by atoms with E-state index in [2.05, 4.69) is 0 Å². The third kappa shape index (κ3) is 5.76. The fourth-order valence-corrected chi connectivity index (χ4v) is 3.93. The highest BCUT2D eigenvalue weighted by Gasteiger charge is 2.35. The van der Waals surface area contributed by atoms with Gasteiger partial charge in [0.25, 0.3) is 0 Å². The van der Waals surface area contributed by atoms with Crippen LogP contribution in [0, 0.1) is 0 Å². The molecule has 1 heterocycles. The Bertz CT molecular complexity index is 783. The third-order valence-corrected chi connectivity index (χ3v) is 5.13. The minimum Gasteiger partial charge on any atom is -0.506 e. The number of carboxylic acid groups (broad SMARTS) is 1. The molecule has 1 atom stereocenters. The van der Waals surface area contributed by atoms with Crippen molar-refractivity contribution in [2.24, 2.45) is 0 Å². The van der Waals surface area contributed by atoms with Crippen LogP contribution in [0.5, 0.6) is 5.75 Å². The van der Waals surface area contributed by atoms with Gasteiger partial charge in [0, 0.05) is 23.1 Å². The van der Waals surface area contributed by atoms with Crippen LogP contribution in [-0.2, 0) is 14.3 Å². The first-order chi connectivity index (χ1) is 13.2. The fraction of sp³-hybridized carbons (Fsp3) is 0.353. The number of hydrogen-bond donors (Lipinski definition) is 2. The maximum absolute atomic E-state index is 12.7. The summed E-state index contributed by atoms with van der Waals surface area (Å²) < 4.78 is 48.4. The van der Waals surface area contributed by atoms with E-state index in [9.17, 15) is 28.2 Å². The number of aliphatic carboxylic acids is 1. The summed E-state index contributed by atoms with van der Waals surface area (Å²) in [4.78, 5) is 13.3. The Morgan fingerprint density at radius 3 is 2.64 bits per heavy atom. The number of thioether (sulfide) groups is 2. The van der Waals surface area contributed by atoms with Gasteiger partial charge in [-0.2, -0.15) is 13.2 Å². The van der Waals surface area contributed by atoms with Gasteiger partial charge in [-0.05, 0) is 41.8 Å². The molecular formula is C17H18F3NO5S2. The number of phenolic OH excluding ortho intramolecular Hbond substituents is 1. The van der Waals surface area contributed by atoms with E-state index in [-0.39, 0.29) is 40.6 Å². The number of nitrogens with zero attached hydrogens (tertiary/aromatic N) is 1.